The van der Waals surface area contributed by atoms with Crippen molar-refractivity contribution in [3.05, 3.63) is 29.8 Å². The summed E-state index contributed by atoms with van der Waals surface area (Å²) in [4.78, 5) is 0.377. The Balaban J connectivity index is 1.77. The largest absolute Gasteiger partial charge is 0.328 e. The van der Waals surface area contributed by atoms with Gasteiger partial charge in [0, 0.05) is 18.8 Å². The van der Waals surface area contributed by atoms with Gasteiger partial charge in [-0.1, -0.05) is 12.1 Å². The van der Waals surface area contributed by atoms with Gasteiger partial charge in [0.15, 0.2) is 9.84 Å². The summed E-state index contributed by atoms with van der Waals surface area (Å²) >= 11 is 0. The molecular formula is C15H24N2O2S. The third-order valence-electron chi connectivity index (χ3n) is 4.01. The lowest BCUT2D eigenvalue weighted by Crippen LogP contribution is -2.31. The van der Waals surface area contributed by atoms with Crippen LogP contribution in [0, 0.1) is 5.92 Å². The van der Waals surface area contributed by atoms with Gasteiger partial charge in [0.25, 0.3) is 0 Å². The van der Waals surface area contributed by atoms with Gasteiger partial charge in [-0.3, -0.25) is 0 Å². The van der Waals surface area contributed by atoms with Crippen molar-refractivity contribution in [1.29, 1.82) is 0 Å². The smallest absolute Gasteiger partial charge is 0.175 e. The van der Waals surface area contributed by atoms with Crippen molar-refractivity contribution in [2.75, 3.05) is 12.8 Å². The zero-order chi connectivity index (χ0) is 14.6. The Bertz CT molecular complexity index is 517. The van der Waals surface area contributed by atoms with Crippen LogP contribution in [0.1, 0.15) is 31.2 Å². The lowest BCUT2D eigenvalue weighted by Gasteiger charge is -2.26. The third-order valence-corrected chi connectivity index (χ3v) is 5.13. The summed E-state index contributed by atoms with van der Waals surface area (Å²) in [5.74, 6) is 0.727. The quantitative estimate of drug-likeness (QED) is 0.867. The van der Waals surface area contributed by atoms with Crippen LogP contribution in [0.4, 0.5) is 0 Å². The van der Waals surface area contributed by atoms with Crippen LogP contribution >= 0.6 is 0 Å². The molecule has 0 saturated heterocycles. The molecular weight excluding hydrogens is 272 g/mol. The van der Waals surface area contributed by atoms with Crippen molar-refractivity contribution < 1.29 is 8.42 Å². The zero-order valence-corrected chi connectivity index (χ0v) is 12.8. The minimum atomic E-state index is -3.09. The van der Waals surface area contributed by atoms with E-state index < -0.39 is 9.84 Å². The Morgan fingerprint density at radius 3 is 2.30 bits per heavy atom. The second-order valence-corrected chi connectivity index (χ2v) is 7.84. The standard InChI is InChI=1S/C15H24N2O2S/c1-20(18,19)15-8-4-13(5-9-15)11-17-10-12-2-6-14(16)7-3-12/h4-5,8-9,12,14,17H,2-3,6-7,10-11,16H2,1H3. The van der Waals surface area contributed by atoms with E-state index in [9.17, 15) is 8.42 Å². The maximum Gasteiger partial charge on any atom is 0.175 e. The fraction of sp³-hybridized carbons (Fsp3) is 0.600. The molecule has 1 fully saturated rings. The molecule has 0 aromatic heterocycles. The first-order valence-corrected chi connectivity index (χ1v) is 9.09. The van der Waals surface area contributed by atoms with E-state index in [-0.39, 0.29) is 0 Å². The topological polar surface area (TPSA) is 72.2 Å². The molecule has 0 amide bonds. The molecule has 0 radical (unpaired) electrons. The van der Waals surface area contributed by atoms with E-state index in [0.29, 0.717) is 10.9 Å². The van der Waals surface area contributed by atoms with Crippen LogP contribution in [0.2, 0.25) is 0 Å². The van der Waals surface area contributed by atoms with Gasteiger partial charge >= 0.3 is 0 Å². The summed E-state index contributed by atoms with van der Waals surface area (Å²) in [6.07, 6.45) is 5.92. The number of nitrogens with two attached hydrogens (primary N) is 1. The normalized spacial score (nSPS) is 23.7. The van der Waals surface area contributed by atoms with Crippen LogP contribution in [0.25, 0.3) is 0 Å². The summed E-state index contributed by atoms with van der Waals surface area (Å²) in [5.41, 5.74) is 7.01. The molecule has 0 bridgehead atoms. The molecule has 1 aromatic rings. The van der Waals surface area contributed by atoms with E-state index in [1.54, 1.807) is 12.1 Å². The van der Waals surface area contributed by atoms with Gasteiger partial charge in [-0.25, -0.2) is 8.42 Å². The Labute approximate surface area is 121 Å². The summed E-state index contributed by atoms with van der Waals surface area (Å²) in [6, 6.07) is 7.49. The SMILES string of the molecule is CS(=O)(=O)c1ccc(CNCC2CCC(N)CC2)cc1. The number of sulfone groups is 1. The van der Waals surface area contributed by atoms with Crippen LogP contribution in [-0.4, -0.2) is 27.3 Å². The highest BCUT2D eigenvalue weighted by molar-refractivity contribution is 7.90. The molecule has 112 valence electrons. The molecule has 0 spiro atoms. The molecule has 1 aromatic carbocycles. The Morgan fingerprint density at radius 2 is 1.75 bits per heavy atom. The fourth-order valence-electron chi connectivity index (χ4n) is 2.67. The first kappa shape index (κ1) is 15.5. The molecule has 1 aliphatic rings. The highest BCUT2D eigenvalue weighted by Gasteiger charge is 2.17. The molecule has 1 aliphatic carbocycles. The van der Waals surface area contributed by atoms with Gasteiger partial charge in [-0.05, 0) is 55.8 Å². The number of hydrogen-bond donors (Lipinski definition) is 2. The van der Waals surface area contributed by atoms with Crippen molar-refractivity contribution in [2.24, 2.45) is 11.7 Å². The second-order valence-electron chi connectivity index (χ2n) is 5.83. The van der Waals surface area contributed by atoms with Crippen LogP contribution in [0.15, 0.2) is 29.2 Å². The molecule has 20 heavy (non-hydrogen) atoms. The highest BCUT2D eigenvalue weighted by Crippen LogP contribution is 2.22. The first-order chi connectivity index (χ1) is 9.45. The third kappa shape index (κ3) is 4.58. The number of nitrogens with one attached hydrogen (secondary N) is 1. The predicted molar refractivity (Wildman–Crippen MR) is 81.2 cm³/mol. The predicted octanol–water partition coefficient (Wildman–Crippen LogP) is 1.70. The van der Waals surface area contributed by atoms with Crippen LogP contribution in [0.3, 0.4) is 0 Å². The second kappa shape index (κ2) is 6.70. The summed E-state index contributed by atoms with van der Waals surface area (Å²) in [5, 5.41) is 3.45. The monoisotopic (exact) mass is 296 g/mol. The van der Waals surface area contributed by atoms with Gasteiger partial charge in [-0.2, -0.15) is 0 Å². The van der Waals surface area contributed by atoms with Crippen molar-refractivity contribution in [2.45, 2.75) is 43.2 Å². The number of benzene rings is 1. The van der Waals surface area contributed by atoms with Crippen LogP contribution in [0.5, 0.6) is 0 Å². The van der Waals surface area contributed by atoms with Gasteiger partial charge in [0.1, 0.15) is 0 Å². The number of rotatable bonds is 5. The van der Waals surface area contributed by atoms with E-state index in [4.69, 9.17) is 5.73 Å². The lowest BCUT2D eigenvalue weighted by atomic mass is 9.86. The summed E-state index contributed by atoms with van der Waals surface area (Å²) < 4.78 is 22.7. The van der Waals surface area contributed by atoms with Crippen molar-refractivity contribution in [3.63, 3.8) is 0 Å². The highest BCUT2D eigenvalue weighted by atomic mass is 32.2. The lowest BCUT2D eigenvalue weighted by molar-refractivity contribution is 0.314. The first-order valence-electron chi connectivity index (χ1n) is 7.20. The van der Waals surface area contributed by atoms with Gasteiger partial charge in [0.05, 0.1) is 4.90 Å². The fourth-order valence-corrected chi connectivity index (χ4v) is 3.30. The Kier molecular flexibility index (Phi) is 5.18. The number of hydrogen-bond acceptors (Lipinski definition) is 4. The zero-order valence-electron chi connectivity index (χ0n) is 12.0. The van der Waals surface area contributed by atoms with Crippen molar-refractivity contribution in [3.8, 4) is 0 Å². The molecule has 0 unspecified atom stereocenters. The van der Waals surface area contributed by atoms with E-state index in [0.717, 1.165) is 37.4 Å². The van der Waals surface area contributed by atoms with Crippen molar-refractivity contribution in [1.82, 2.24) is 5.32 Å². The van der Waals surface area contributed by atoms with E-state index in [2.05, 4.69) is 5.32 Å². The maximum absolute atomic E-state index is 11.4. The minimum absolute atomic E-state index is 0.377. The average Bonchev–Trinajstić information content (AvgIpc) is 2.41. The van der Waals surface area contributed by atoms with Gasteiger partial charge in [0.2, 0.25) is 0 Å². The maximum atomic E-state index is 11.4. The van der Waals surface area contributed by atoms with Crippen LogP contribution in [-0.2, 0) is 16.4 Å². The van der Waals surface area contributed by atoms with Gasteiger partial charge in [-0.15, -0.1) is 0 Å². The van der Waals surface area contributed by atoms with Crippen LogP contribution < -0.4 is 11.1 Å². The van der Waals surface area contributed by atoms with Gasteiger partial charge < -0.3 is 11.1 Å². The molecule has 5 heteroatoms. The molecule has 1 saturated carbocycles. The van der Waals surface area contributed by atoms with E-state index in [1.165, 1.54) is 19.1 Å². The minimum Gasteiger partial charge on any atom is -0.328 e. The Hall–Kier alpha value is -0.910. The molecule has 0 aliphatic heterocycles. The Morgan fingerprint density at radius 1 is 1.15 bits per heavy atom. The molecule has 0 heterocycles. The average molecular weight is 296 g/mol. The molecule has 3 N–H and O–H groups in total. The van der Waals surface area contributed by atoms with Crippen molar-refractivity contribution >= 4 is 9.84 Å². The molecule has 4 nitrogen and oxygen atoms in total. The molecule has 0 atom stereocenters. The summed E-state index contributed by atoms with van der Waals surface area (Å²) in [6.45, 7) is 1.80. The van der Waals surface area contributed by atoms with E-state index in [1.807, 2.05) is 12.1 Å². The summed E-state index contributed by atoms with van der Waals surface area (Å²) in [7, 11) is -3.09. The molecule has 2 rings (SSSR count). The van der Waals surface area contributed by atoms with E-state index >= 15 is 0 Å².